The van der Waals surface area contributed by atoms with E-state index in [2.05, 4.69) is 6.92 Å². The van der Waals surface area contributed by atoms with Crippen LogP contribution in [0.2, 0.25) is 0 Å². The highest BCUT2D eigenvalue weighted by atomic mass is 16.5. The molecular formula is C16H24O2. The summed E-state index contributed by atoms with van der Waals surface area (Å²) in [6.07, 6.45) is 7.24. The van der Waals surface area contributed by atoms with Gasteiger partial charge in [0.2, 0.25) is 0 Å². The van der Waals surface area contributed by atoms with Crippen LogP contribution in [0.5, 0.6) is 0 Å². The number of aryl methyl sites for hydroxylation is 1. The molecule has 0 bridgehead atoms. The minimum Gasteiger partial charge on any atom is -0.462 e. The van der Waals surface area contributed by atoms with Crippen LogP contribution in [0.1, 0.15) is 61.4 Å². The van der Waals surface area contributed by atoms with Crippen molar-refractivity contribution in [2.45, 2.75) is 52.4 Å². The zero-order valence-electron chi connectivity index (χ0n) is 11.6. The smallest absolute Gasteiger partial charge is 0.338 e. The van der Waals surface area contributed by atoms with Gasteiger partial charge in [-0.25, -0.2) is 4.79 Å². The molecule has 0 aliphatic carbocycles. The SMILES string of the molecule is CCCCCCCCOC(=O)c1ccc(C)cc1. The lowest BCUT2D eigenvalue weighted by atomic mass is 10.1. The number of hydrogen-bond acceptors (Lipinski definition) is 2. The van der Waals surface area contributed by atoms with E-state index in [0.717, 1.165) is 18.4 Å². The molecule has 0 aliphatic heterocycles. The number of carbonyl (C=O) groups is 1. The summed E-state index contributed by atoms with van der Waals surface area (Å²) >= 11 is 0. The molecule has 0 radical (unpaired) electrons. The summed E-state index contributed by atoms with van der Waals surface area (Å²) in [6, 6.07) is 7.50. The first-order valence-corrected chi connectivity index (χ1v) is 6.98. The third-order valence-corrected chi connectivity index (χ3v) is 3.02. The molecule has 1 aromatic rings. The quantitative estimate of drug-likeness (QED) is 0.499. The molecule has 1 aromatic carbocycles. The number of rotatable bonds is 8. The lowest BCUT2D eigenvalue weighted by Crippen LogP contribution is -2.06. The molecule has 2 nitrogen and oxygen atoms in total. The highest BCUT2D eigenvalue weighted by Gasteiger charge is 2.05. The van der Waals surface area contributed by atoms with Crippen molar-refractivity contribution in [3.63, 3.8) is 0 Å². The van der Waals surface area contributed by atoms with E-state index in [1.807, 2.05) is 31.2 Å². The summed E-state index contributed by atoms with van der Waals surface area (Å²) < 4.78 is 5.24. The van der Waals surface area contributed by atoms with Crippen molar-refractivity contribution in [3.8, 4) is 0 Å². The van der Waals surface area contributed by atoms with E-state index in [0.29, 0.717) is 12.2 Å². The van der Waals surface area contributed by atoms with E-state index in [9.17, 15) is 4.79 Å². The second-order valence-electron chi connectivity index (χ2n) is 4.77. The van der Waals surface area contributed by atoms with Crippen LogP contribution in [0.3, 0.4) is 0 Å². The van der Waals surface area contributed by atoms with Crippen molar-refractivity contribution in [2.75, 3.05) is 6.61 Å². The van der Waals surface area contributed by atoms with Gasteiger partial charge in [0.05, 0.1) is 12.2 Å². The van der Waals surface area contributed by atoms with Gasteiger partial charge in [0.25, 0.3) is 0 Å². The monoisotopic (exact) mass is 248 g/mol. The van der Waals surface area contributed by atoms with Gasteiger partial charge in [0, 0.05) is 0 Å². The maximum absolute atomic E-state index is 11.7. The molecule has 100 valence electrons. The largest absolute Gasteiger partial charge is 0.462 e. The molecule has 0 saturated heterocycles. The van der Waals surface area contributed by atoms with Crippen molar-refractivity contribution in [1.29, 1.82) is 0 Å². The lowest BCUT2D eigenvalue weighted by molar-refractivity contribution is 0.0497. The fourth-order valence-electron chi connectivity index (χ4n) is 1.82. The Labute approximate surface area is 110 Å². The van der Waals surface area contributed by atoms with Gasteiger partial charge in [-0.2, -0.15) is 0 Å². The number of hydrogen-bond donors (Lipinski definition) is 0. The minimum atomic E-state index is -0.205. The first-order chi connectivity index (χ1) is 8.74. The van der Waals surface area contributed by atoms with E-state index >= 15 is 0 Å². The van der Waals surface area contributed by atoms with Crippen LogP contribution in [-0.2, 0) is 4.74 Å². The Bertz CT molecular complexity index is 341. The Balaban J connectivity index is 2.12. The molecule has 0 aliphatic rings. The van der Waals surface area contributed by atoms with Gasteiger partial charge in [-0.1, -0.05) is 56.7 Å². The molecule has 0 saturated carbocycles. The van der Waals surface area contributed by atoms with Crippen molar-refractivity contribution < 1.29 is 9.53 Å². The fraction of sp³-hybridized carbons (Fsp3) is 0.562. The molecule has 1 rings (SSSR count). The maximum Gasteiger partial charge on any atom is 0.338 e. The Kier molecular flexibility index (Phi) is 7.16. The fourth-order valence-corrected chi connectivity index (χ4v) is 1.82. The van der Waals surface area contributed by atoms with Crippen molar-refractivity contribution >= 4 is 5.97 Å². The Morgan fingerprint density at radius 2 is 1.61 bits per heavy atom. The molecule has 0 fully saturated rings. The predicted molar refractivity (Wildman–Crippen MR) is 74.8 cm³/mol. The molecule has 0 amide bonds. The first kappa shape index (κ1) is 14.7. The van der Waals surface area contributed by atoms with Crippen LogP contribution in [0.25, 0.3) is 0 Å². The minimum absolute atomic E-state index is 0.205. The summed E-state index contributed by atoms with van der Waals surface area (Å²) in [5.41, 5.74) is 1.80. The second-order valence-corrected chi connectivity index (χ2v) is 4.77. The van der Waals surface area contributed by atoms with Gasteiger partial charge >= 0.3 is 5.97 Å². The first-order valence-electron chi connectivity index (χ1n) is 6.98. The number of unbranched alkanes of at least 4 members (excludes halogenated alkanes) is 5. The molecule has 0 unspecified atom stereocenters. The van der Waals surface area contributed by atoms with Crippen LogP contribution in [0.4, 0.5) is 0 Å². The summed E-state index contributed by atoms with van der Waals surface area (Å²) in [4.78, 5) is 11.7. The molecule has 2 heteroatoms. The van der Waals surface area contributed by atoms with Gasteiger partial charge < -0.3 is 4.74 Å². The van der Waals surface area contributed by atoms with Crippen molar-refractivity contribution in [1.82, 2.24) is 0 Å². The van der Waals surface area contributed by atoms with Gasteiger partial charge in [-0.15, -0.1) is 0 Å². The van der Waals surface area contributed by atoms with Crippen molar-refractivity contribution in [2.24, 2.45) is 0 Å². The number of carbonyl (C=O) groups excluding carboxylic acids is 1. The molecule has 0 N–H and O–H groups in total. The molecule has 18 heavy (non-hydrogen) atoms. The number of benzene rings is 1. The van der Waals surface area contributed by atoms with Gasteiger partial charge in [0.15, 0.2) is 0 Å². The van der Waals surface area contributed by atoms with E-state index in [1.165, 1.54) is 25.7 Å². The van der Waals surface area contributed by atoms with Crippen LogP contribution in [0.15, 0.2) is 24.3 Å². The van der Waals surface area contributed by atoms with E-state index in [1.54, 1.807) is 0 Å². The number of esters is 1. The second kappa shape index (κ2) is 8.73. The molecule has 0 atom stereocenters. The van der Waals surface area contributed by atoms with E-state index < -0.39 is 0 Å². The molecule has 0 aromatic heterocycles. The maximum atomic E-state index is 11.7. The summed E-state index contributed by atoms with van der Waals surface area (Å²) in [7, 11) is 0. The highest BCUT2D eigenvalue weighted by Crippen LogP contribution is 2.07. The van der Waals surface area contributed by atoms with Gasteiger partial charge in [-0.3, -0.25) is 0 Å². The predicted octanol–water partition coefficient (Wildman–Crippen LogP) is 4.51. The average Bonchev–Trinajstić information content (AvgIpc) is 2.38. The lowest BCUT2D eigenvalue weighted by Gasteiger charge is -2.05. The molecule has 0 spiro atoms. The van der Waals surface area contributed by atoms with Crippen LogP contribution in [-0.4, -0.2) is 12.6 Å². The summed E-state index contributed by atoms with van der Waals surface area (Å²) in [5.74, 6) is -0.205. The summed E-state index contributed by atoms with van der Waals surface area (Å²) in [6.45, 7) is 4.76. The van der Waals surface area contributed by atoms with E-state index in [-0.39, 0.29) is 5.97 Å². The topological polar surface area (TPSA) is 26.3 Å². The zero-order chi connectivity index (χ0) is 13.2. The van der Waals surface area contributed by atoms with Crippen LogP contribution < -0.4 is 0 Å². The molecule has 0 heterocycles. The molecular weight excluding hydrogens is 224 g/mol. The normalized spacial score (nSPS) is 10.3. The zero-order valence-corrected chi connectivity index (χ0v) is 11.6. The standard InChI is InChI=1S/C16H24O2/c1-3-4-5-6-7-8-13-18-16(17)15-11-9-14(2)10-12-15/h9-12H,3-8,13H2,1-2H3. The summed E-state index contributed by atoms with van der Waals surface area (Å²) in [5, 5.41) is 0. The third-order valence-electron chi connectivity index (χ3n) is 3.02. The Morgan fingerprint density at radius 1 is 1.00 bits per heavy atom. The van der Waals surface area contributed by atoms with E-state index in [4.69, 9.17) is 4.74 Å². The average molecular weight is 248 g/mol. The Hall–Kier alpha value is -1.31. The van der Waals surface area contributed by atoms with Gasteiger partial charge in [-0.05, 0) is 25.5 Å². The van der Waals surface area contributed by atoms with Gasteiger partial charge in [0.1, 0.15) is 0 Å². The van der Waals surface area contributed by atoms with Crippen molar-refractivity contribution in [3.05, 3.63) is 35.4 Å². The van der Waals surface area contributed by atoms with Crippen LogP contribution >= 0.6 is 0 Å². The highest BCUT2D eigenvalue weighted by molar-refractivity contribution is 5.89. The number of ether oxygens (including phenoxy) is 1. The third kappa shape index (κ3) is 5.85. The Morgan fingerprint density at radius 3 is 2.28 bits per heavy atom. The van der Waals surface area contributed by atoms with Crippen LogP contribution in [0, 0.1) is 6.92 Å².